The first-order valence-electron chi connectivity index (χ1n) is 9.33. The van der Waals surface area contributed by atoms with Gasteiger partial charge in [-0.3, -0.25) is 4.79 Å². The van der Waals surface area contributed by atoms with Crippen LogP contribution in [0.3, 0.4) is 0 Å². The van der Waals surface area contributed by atoms with E-state index in [1.54, 1.807) is 18.2 Å². The summed E-state index contributed by atoms with van der Waals surface area (Å²) in [4.78, 5) is 12.6. The molecule has 152 valence electrons. The summed E-state index contributed by atoms with van der Waals surface area (Å²) in [7, 11) is -3.91. The Morgan fingerprint density at radius 3 is 2.72 bits per heavy atom. The average Bonchev–Trinajstić information content (AvgIpc) is 3.41. The van der Waals surface area contributed by atoms with Gasteiger partial charge >= 0.3 is 0 Å². The van der Waals surface area contributed by atoms with E-state index in [2.05, 4.69) is 15.0 Å². The van der Waals surface area contributed by atoms with E-state index in [4.69, 9.17) is 4.74 Å². The molecule has 1 amide bonds. The summed E-state index contributed by atoms with van der Waals surface area (Å²) >= 11 is 0. The molecule has 1 aliphatic heterocycles. The maximum Gasteiger partial charge on any atom is 0.243 e. The van der Waals surface area contributed by atoms with Gasteiger partial charge in [-0.1, -0.05) is 35.5 Å². The standard InChI is InChI=1S/C20H21N3O5S/c24-20(21-19-9-11-28-22-19)14-23(13-17-6-3-10-27-17)29(25,26)18-8-7-15-4-1-2-5-16(15)12-18/h1-2,4-5,7-9,11-12,17H,3,6,10,13-14H2,(H,21,22,24). The Bertz CT molecular complexity index is 1090. The average molecular weight is 415 g/mol. The number of carbonyl (C=O) groups is 1. The van der Waals surface area contributed by atoms with Crippen LogP contribution >= 0.6 is 0 Å². The number of fused-ring (bicyclic) bond motifs is 1. The summed E-state index contributed by atoms with van der Waals surface area (Å²) in [5, 5.41) is 7.92. The van der Waals surface area contributed by atoms with Crippen molar-refractivity contribution >= 4 is 32.5 Å². The quantitative estimate of drug-likeness (QED) is 0.637. The summed E-state index contributed by atoms with van der Waals surface area (Å²) in [6, 6.07) is 14.0. The molecular formula is C20H21N3O5S. The zero-order valence-electron chi connectivity index (χ0n) is 15.7. The maximum absolute atomic E-state index is 13.4. The molecule has 29 heavy (non-hydrogen) atoms. The topological polar surface area (TPSA) is 102 Å². The second-order valence-electron chi connectivity index (χ2n) is 6.87. The molecular weight excluding hydrogens is 394 g/mol. The zero-order chi connectivity index (χ0) is 20.3. The van der Waals surface area contributed by atoms with Crippen LogP contribution in [0.2, 0.25) is 0 Å². The Morgan fingerprint density at radius 2 is 2.00 bits per heavy atom. The highest BCUT2D eigenvalue weighted by atomic mass is 32.2. The predicted molar refractivity (Wildman–Crippen MR) is 107 cm³/mol. The summed E-state index contributed by atoms with van der Waals surface area (Å²) in [5.74, 6) is -0.267. The van der Waals surface area contributed by atoms with Crippen LogP contribution in [0.25, 0.3) is 10.8 Å². The van der Waals surface area contributed by atoms with Crippen LogP contribution in [-0.4, -0.2) is 49.6 Å². The SMILES string of the molecule is O=C(CN(CC1CCCO1)S(=O)(=O)c1ccc2ccccc2c1)Nc1ccon1. The van der Waals surface area contributed by atoms with Crippen molar-refractivity contribution in [2.75, 3.05) is 25.0 Å². The lowest BCUT2D eigenvalue weighted by atomic mass is 10.1. The molecule has 0 bridgehead atoms. The molecule has 0 radical (unpaired) electrons. The van der Waals surface area contributed by atoms with Gasteiger partial charge in [0.15, 0.2) is 5.82 Å². The lowest BCUT2D eigenvalue weighted by Gasteiger charge is -2.24. The second kappa shape index (κ2) is 8.32. The number of rotatable bonds is 7. The third kappa shape index (κ3) is 4.47. The van der Waals surface area contributed by atoms with Gasteiger partial charge in [0.05, 0.1) is 17.5 Å². The summed E-state index contributed by atoms with van der Waals surface area (Å²) < 4.78 is 38.2. The fraction of sp³-hybridized carbons (Fsp3) is 0.300. The zero-order valence-corrected chi connectivity index (χ0v) is 16.5. The Hall–Kier alpha value is -2.75. The molecule has 3 aromatic rings. The normalized spacial score (nSPS) is 17.1. The molecule has 9 heteroatoms. The van der Waals surface area contributed by atoms with Gasteiger partial charge in [-0.2, -0.15) is 4.31 Å². The molecule has 0 aliphatic carbocycles. The minimum atomic E-state index is -3.91. The fourth-order valence-electron chi connectivity index (χ4n) is 3.36. The van der Waals surface area contributed by atoms with Gasteiger partial charge < -0.3 is 14.6 Å². The molecule has 1 N–H and O–H groups in total. The van der Waals surface area contributed by atoms with Crippen LogP contribution < -0.4 is 5.32 Å². The van der Waals surface area contributed by atoms with Crippen molar-refractivity contribution in [3.8, 4) is 0 Å². The van der Waals surface area contributed by atoms with Crippen LogP contribution in [0.1, 0.15) is 12.8 Å². The molecule has 0 spiro atoms. The number of hydrogen-bond acceptors (Lipinski definition) is 6. The molecule has 1 aromatic heterocycles. The minimum absolute atomic E-state index is 0.112. The van der Waals surface area contributed by atoms with Gasteiger partial charge in [0, 0.05) is 19.2 Å². The van der Waals surface area contributed by atoms with Crippen LogP contribution in [0.4, 0.5) is 5.82 Å². The van der Waals surface area contributed by atoms with E-state index in [1.807, 2.05) is 24.3 Å². The van der Waals surface area contributed by atoms with E-state index >= 15 is 0 Å². The smallest absolute Gasteiger partial charge is 0.243 e. The number of ether oxygens (including phenoxy) is 1. The Morgan fingerprint density at radius 1 is 1.17 bits per heavy atom. The van der Waals surface area contributed by atoms with Gasteiger partial charge in [-0.05, 0) is 35.7 Å². The number of amides is 1. The van der Waals surface area contributed by atoms with E-state index < -0.39 is 15.9 Å². The van der Waals surface area contributed by atoms with E-state index in [0.717, 1.165) is 23.6 Å². The van der Waals surface area contributed by atoms with Gasteiger partial charge in [-0.25, -0.2) is 8.42 Å². The minimum Gasteiger partial charge on any atom is -0.377 e. The third-order valence-corrected chi connectivity index (χ3v) is 6.62. The Kier molecular flexibility index (Phi) is 5.61. The summed E-state index contributed by atoms with van der Waals surface area (Å²) in [6.07, 6.45) is 2.73. The number of hydrogen-bond donors (Lipinski definition) is 1. The van der Waals surface area contributed by atoms with Crippen molar-refractivity contribution in [2.24, 2.45) is 0 Å². The highest BCUT2D eigenvalue weighted by Gasteiger charge is 2.31. The monoisotopic (exact) mass is 415 g/mol. The molecule has 2 heterocycles. The highest BCUT2D eigenvalue weighted by molar-refractivity contribution is 7.89. The molecule has 1 aliphatic rings. The van der Waals surface area contributed by atoms with Gasteiger partial charge in [0.1, 0.15) is 6.26 Å². The molecule has 2 aromatic carbocycles. The van der Waals surface area contributed by atoms with Crippen molar-refractivity contribution in [1.29, 1.82) is 0 Å². The van der Waals surface area contributed by atoms with Crippen LogP contribution in [0, 0.1) is 0 Å². The lowest BCUT2D eigenvalue weighted by Crippen LogP contribution is -2.42. The number of nitrogens with zero attached hydrogens (tertiary/aromatic N) is 2. The maximum atomic E-state index is 13.4. The number of aromatic nitrogens is 1. The molecule has 1 unspecified atom stereocenters. The largest absolute Gasteiger partial charge is 0.377 e. The number of benzene rings is 2. The molecule has 4 rings (SSSR count). The van der Waals surface area contributed by atoms with E-state index in [-0.39, 0.29) is 29.9 Å². The van der Waals surface area contributed by atoms with Gasteiger partial charge in [0.25, 0.3) is 0 Å². The predicted octanol–water partition coefficient (Wildman–Crippen LogP) is 2.64. The van der Waals surface area contributed by atoms with Crippen molar-refractivity contribution in [3.05, 3.63) is 54.8 Å². The summed E-state index contributed by atoms with van der Waals surface area (Å²) in [6.45, 7) is 0.364. The molecule has 1 atom stereocenters. The number of carbonyl (C=O) groups excluding carboxylic acids is 1. The Balaban J connectivity index is 1.61. The Labute approximate surface area is 168 Å². The van der Waals surface area contributed by atoms with E-state index in [9.17, 15) is 13.2 Å². The second-order valence-corrected chi connectivity index (χ2v) is 8.81. The third-order valence-electron chi connectivity index (χ3n) is 4.82. The van der Waals surface area contributed by atoms with Crippen LogP contribution in [-0.2, 0) is 19.6 Å². The van der Waals surface area contributed by atoms with Crippen LogP contribution in [0.5, 0.6) is 0 Å². The van der Waals surface area contributed by atoms with E-state index in [0.29, 0.717) is 6.61 Å². The van der Waals surface area contributed by atoms with E-state index in [1.165, 1.54) is 16.6 Å². The van der Waals surface area contributed by atoms with Crippen LogP contribution in [0.15, 0.2) is 64.2 Å². The van der Waals surface area contributed by atoms with Gasteiger partial charge in [-0.15, -0.1) is 0 Å². The molecule has 8 nitrogen and oxygen atoms in total. The first-order valence-corrected chi connectivity index (χ1v) is 10.8. The molecule has 1 fully saturated rings. The summed E-state index contributed by atoms with van der Waals surface area (Å²) in [5.41, 5.74) is 0. The molecule has 0 saturated carbocycles. The van der Waals surface area contributed by atoms with Crippen molar-refractivity contribution in [3.63, 3.8) is 0 Å². The first-order chi connectivity index (χ1) is 14.0. The van der Waals surface area contributed by atoms with Gasteiger partial charge in [0.2, 0.25) is 15.9 Å². The lowest BCUT2D eigenvalue weighted by molar-refractivity contribution is -0.116. The van der Waals surface area contributed by atoms with Crippen molar-refractivity contribution in [1.82, 2.24) is 9.46 Å². The number of anilines is 1. The molecule has 1 saturated heterocycles. The van der Waals surface area contributed by atoms with Crippen molar-refractivity contribution < 1.29 is 22.5 Å². The first kappa shape index (κ1) is 19.6. The number of sulfonamides is 1. The van der Waals surface area contributed by atoms with Crippen molar-refractivity contribution in [2.45, 2.75) is 23.8 Å². The fourth-order valence-corrected chi connectivity index (χ4v) is 4.82. The number of nitrogens with one attached hydrogen (secondary N) is 1. The highest BCUT2D eigenvalue weighted by Crippen LogP contribution is 2.24.